The van der Waals surface area contributed by atoms with Gasteiger partial charge in [0.1, 0.15) is 10.6 Å². The summed E-state index contributed by atoms with van der Waals surface area (Å²) in [7, 11) is 0. The normalized spacial score (nSPS) is 10.2. The van der Waals surface area contributed by atoms with Crippen molar-refractivity contribution in [2.75, 3.05) is 0 Å². The van der Waals surface area contributed by atoms with Gasteiger partial charge in [0, 0.05) is 10.0 Å². The SMILES string of the molecule is O=C(O)c1ccc(Oc2cc(Cl)cc(Cl)c2)s1. The highest BCUT2D eigenvalue weighted by Crippen LogP contribution is 2.32. The molecule has 0 saturated carbocycles. The van der Waals surface area contributed by atoms with E-state index >= 15 is 0 Å². The fourth-order valence-corrected chi connectivity index (χ4v) is 2.41. The Hall–Kier alpha value is -1.23. The summed E-state index contributed by atoms with van der Waals surface area (Å²) in [6.45, 7) is 0. The molecule has 88 valence electrons. The van der Waals surface area contributed by atoms with Gasteiger partial charge < -0.3 is 9.84 Å². The number of carboxylic acid groups (broad SMARTS) is 1. The van der Waals surface area contributed by atoms with Crippen LogP contribution in [0.25, 0.3) is 0 Å². The molecule has 0 radical (unpaired) electrons. The second-order valence-corrected chi connectivity index (χ2v) is 5.05. The molecule has 1 aromatic carbocycles. The molecule has 1 aromatic heterocycles. The van der Waals surface area contributed by atoms with Crippen molar-refractivity contribution in [1.82, 2.24) is 0 Å². The van der Waals surface area contributed by atoms with E-state index in [2.05, 4.69) is 0 Å². The number of ether oxygens (including phenoxy) is 1. The van der Waals surface area contributed by atoms with Gasteiger partial charge in [0.05, 0.1) is 0 Å². The van der Waals surface area contributed by atoms with Crippen LogP contribution in [0, 0.1) is 0 Å². The molecule has 0 aliphatic heterocycles. The van der Waals surface area contributed by atoms with Crippen molar-refractivity contribution >= 4 is 40.5 Å². The van der Waals surface area contributed by atoms with Crippen LogP contribution in [0.1, 0.15) is 9.67 Å². The van der Waals surface area contributed by atoms with Gasteiger partial charge in [-0.05, 0) is 30.3 Å². The molecule has 3 nitrogen and oxygen atoms in total. The van der Waals surface area contributed by atoms with E-state index in [9.17, 15) is 4.79 Å². The van der Waals surface area contributed by atoms with Crippen LogP contribution >= 0.6 is 34.5 Å². The first-order valence-electron chi connectivity index (χ1n) is 4.51. The summed E-state index contributed by atoms with van der Waals surface area (Å²) in [5, 5.41) is 10.2. The lowest BCUT2D eigenvalue weighted by Crippen LogP contribution is -1.89. The molecule has 0 aliphatic rings. The monoisotopic (exact) mass is 288 g/mol. The van der Waals surface area contributed by atoms with Crippen molar-refractivity contribution in [1.29, 1.82) is 0 Å². The maximum absolute atomic E-state index is 10.7. The first-order chi connectivity index (χ1) is 8.04. The van der Waals surface area contributed by atoms with Crippen LogP contribution in [-0.2, 0) is 0 Å². The van der Waals surface area contributed by atoms with Crippen LogP contribution in [0.15, 0.2) is 30.3 Å². The molecule has 0 spiro atoms. The molecule has 2 rings (SSSR count). The Morgan fingerprint density at radius 2 is 1.82 bits per heavy atom. The Labute approximate surface area is 111 Å². The summed E-state index contributed by atoms with van der Waals surface area (Å²) in [6, 6.07) is 7.87. The van der Waals surface area contributed by atoms with Crippen molar-refractivity contribution in [3.05, 3.63) is 45.3 Å². The lowest BCUT2D eigenvalue weighted by atomic mass is 10.3. The minimum atomic E-state index is -0.978. The largest absolute Gasteiger partial charge is 0.477 e. The predicted octanol–water partition coefficient (Wildman–Crippen LogP) is 4.55. The van der Waals surface area contributed by atoms with Crippen molar-refractivity contribution in [2.24, 2.45) is 0 Å². The zero-order valence-electron chi connectivity index (χ0n) is 8.31. The van der Waals surface area contributed by atoms with Gasteiger partial charge in [0.2, 0.25) is 0 Å². The van der Waals surface area contributed by atoms with E-state index < -0.39 is 5.97 Å². The van der Waals surface area contributed by atoms with Gasteiger partial charge >= 0.3 is 5.97 Å². The molecule has 0 amide bonds. The number of rotatable bonds is 3. The number of carbonyl (C=O) groups is 1. The Bertz CT molecular complexity index is 545. The van der Waals surface area contributed by atoms with E-state index in [0.29, 0.717) is 20.9 Å². The maximum Gasteiger partial charge on any atom is 0.345 e. The molecule has 1 N–H and O–H groups in total. The van der Waals surface area contributed by atoms with Gasteiger partial charge in [-0.3, -0.25) is 0 Å². The van der Waals surface area contributed by atoms with Gasteiger partial charge in [-0.1, -0.05) is 34.5 Å². The molecular formula is C11H6Cl2O3S. The predicted molar refractivity (Wildman–Crippen MR) is 67.8 cm³/mol. The van der Waals surface area contributed by atoms with E-state index in [1.54, 1.807) is 24.3 Å². The third-order valence-corrected chi connectivity index (χ3v) is 3.23. The van der Waals surface area contributed by atoms with Gasteiger partial charge in [0.25, 0.3) is 0 Å². The first kappa shape index (κ1) is 12.2. The molecule has 0 saturated heterocycles. The molecule has 0 unspecified atom stereocenters. The minimum Gasteiger partial charge on any atom is -0.477 e. The Morgan fingerprint density at radius 3 is 2.35 bits per heavy atom. The fraction of sp³-hybridized carbons (Fsp3) is 0. The van der Waals surface area contributed by atoms with Gasteiger partial charge in [-0.25, -0.2) is 4.79 Å². The van der Waals surface area contributed by atoms with E-state index in [0.717, 1.165) is 11.3 Å². The van der Waals surface area contributed by atoms with Crippen LogP contribution in [0.5, 0.6) is 10.8 Å². The molecular weight excluding hydrogens is 283 g/mol. The molecule has 6 heteroatoms. The number of benzene rings is 1. The molecule has 0 fully saturated rings. The third-order valence-electron chi connectivity index (χ3n) is 1.85. The van der Waals surface area contributed by atoms with Gasteiger partial charge in [-0.15, -0.1) is 0 Å². The third kappa shape index (κ3) is 3.12. The van der Waals surface area contributed by atoms with Crippen molar-refractivity contribution in [3.8, 4) is 10.8 Å². The highest BCUT2D eigenvalue weighted by molar-refractivity contribution is 7.15. The summed E-state index contributed by atoms with van der Waals surface area (Å²) in [6.07, 6.45) is 0. The van der Waals surface area contributed by atoms with Crippen LogP contribution in [-0.4, -0.2) is 11.1 Å². The van der Waals surface area contributed by atoms with Crippen LogP contribution in [0.3, 0.4) is 0 Å². The number of thiophene rings is 1. The highest BCUT2D eigenvalue weighted by atomic mass is 35.5. The molecule has 0 aliphatic carbocycles. The summed E-state index contributed by atoms with van der Waals surface area (Å²) < 4.78 is 5.46. The van der Waals surface area contributed by atoms with Crippen molar-refractivity contribution < 1.29 is 14.6 Å². The summed E-state index contributed by atoms with van der Waals surface area (Å²) in [5.74, 6) is -0.504. The molecule has 2 aromatic rings. The van der Waals surface area contributed by atoms with Crippen LogP contribution in [0.4, 0.5) is 0 Å². The van der Waals surface area contributed by atoms with Gasteiger partial charge in [-0.2, -0.15) is 0 Å². The second kappa shape index (κ2) is 4.96. The molecule has 0 bridgehead atoms. The quantitative estimate of drug-likeness (QED) is 0.901. The maximum atomic E-state index is 10.7. The fourth-order valence-electron chi connectivity index (χ4n) is 1.19. The molecule has 1 heterocycles. The lowest BCUT2D eigenvalue weighted by Gasteiger charge is -2.03. The average molecular weight is 289 g/mol. The topological polar surface area (TPSA) is 46.5 Å². The van der Waals surface area contributed by atoms with E-state index in [1.807, 2.05) is 0 Å². The smallest absolute Gasteiger partial charge is 0.345 e. The van der Waals surface area contributed by atoms with Crippen LogP contribution in [0.2, 0.25) is 10.0 Å². The number of halogens is 2. The number of hydrogen-bond acceptors (Lipinski definition) is 3. The lowest BCUT2D eigenvalue weighted by molar-refractivity contribution is 0.0702. The second-order valence-electron chi connectivity index (χ2n) is 3.13. The first-order valence-corrected chi connectivity index (χ1v) is 6.09. The van der Waals surface area contributed by atoms with E-state index in [4.69, 9.17) is 33.0 Å². The number of aromatic carboxylic acids is 1. The van der Waals surface area contributed by atoms with Crippen LogP contribution < -0.4 is 4.74 Å². The Kier molecular flexibility index (Phi) is 3.57. The summed E-state index contributed by atoms with van der Waals surface area (Å²) in [5.41, 5.74) is 0. The van der Waals surface area contributed by atoms with Gasteiger partial charge in [0.15, 0.2) is 5.06 Å². The summed E-state index contributed by atoms with van der Waals surface area (Å²) in [4.78, 5) is 10.9. The average Bonchev–Trinajstić information content (AvgIpc) is 2.64. The number of carboxylic acids is 1. The highest BCUT2D eigenvalue weighted by Gasteiger charge is 2.08. The standard InChI is InChI=1S/C11H6Cl2O3S/c12-6-3-7(13)5-8(4-6)16-10-2-1-9(17-10)11(14)15/h1-5H,(H,14,15). The number of hydrogen-bond donors (Lipinski definition) is 1. The van der Waals surface area contributed by atoms with E-state index in [-0.39, 0.29) is 4.88 Å². The minimum absolute atomic E-state index is 0.216. The Morgan fingerprint density at radius 1 is 1.18 bits per heavy atom. The zero-order valence-corrected chi connectivity index (χ0v) is 10.6. The van der Waals surface area contributed by atoms with Crippen molar-refractivity contribution in [2.45, 2.75) is 0 Å². The Balaban J connectivity index is 2.22. The molecule has 0 atom stereocenters. The molecule has 17 heavy (non-hydrogen) atoms. The van der Waals surface area contributed by atoms with E-state index in [1.165, 1.54) is 6.07 Å². The van der Waals surface area contributed by atoms with Crippen molar-refractivity contribution in [3.63, 3.8) is 0 Å². The zero-order chi connectivity index (χ0) is 12.4. The summed E-state index contributed by atoms with van der Waals surface area (Å²) >= 11 is 12.7.